The maximum atomic E-state index is 10.6. The van der Waals surface area contributed by atoms with E-state index in [1.54, 1.807) is 5.57 Å². The Morgan fingerprint density at radius 2 is 1.85 bits per heavy atom. The molecule has 0 amide bonds. The molecule has 2 aromatic rings. The maximum Gasteiger partial charge on any atom is 0.0761 e. The van der Waals surface area contributed by atoms with Crippen LogP contribution in [0, 0.1) is 24.7 Å². The normalized spacial score (nSPS) is 25.0. The van der Waals surface area contributed by atoms with E-state index in [0.29, 0.717) is 18.3 Å². The summed E-state index contributed by atoms with van der Waals surface area (Å²) in [7, 11) is 0. The van der Waals surface area contributed by atoms with Gasteiger partial charge in [-0.3, -0.25) is 0 Å². The van der Waals surface area contributed by atoms with Crippen LogP contribution in [0.5, 0.6) is 0 Å². The highest BCUT2D eigenvalue weighted by molar-refractivity contribution is 5.24. The molecule has 1 saturated carbocycles. The van der Waals surface area contributed by atoms with Gasteiger partial charge in [-0.25, -0.2) is 0 Å². The number of hydrogen-bond donors (Lipinski definition) is 3. The Kier molecular flexibility index (Phi) is 9.15. The van der Waals surface area contributed by atoms with E-state index in [9.17, 15) is 10.2 Å². The molecule has 2 aliphatic rings. The predicted molar refractivity (Wildman–Crippen MR) is 140 cm³/mol. The number of aryl methyl sites for hydroxylation is 1. The molecule has 0 unspecified atom stereocenters. The van der Waals surface area contributed by atoms with Gasteiger partial charge in [0.05, 0.1) is 12.2 Å². The number of rotatable bonds is 12. The van der Waals surface area contributed by atoms with Crippen molar-refractivity contribution in [3.05, 3.63) is 95.1 Å². The first kappa shape index (κ1) is 24.9. The van der Waals surface area contributed by atoms with Gasteiger partial charge in [0.25, 0.3) is 0 Å². The summed E-state index contributed by atoms with van der Waals surface area (Å²) in [6.45, 7) is 4.10. The molecule has 1 fully saturated rings. The second kappa shape index (κ2) is 12.5. The van der Waals surface area contributed by atoms with Crippen LogP contribution in [0.2, 0.25) is 0 Å². The van der Waals surface area contributed by atoms with Crippen LogP contribution in [0.25, 0.3) is 0 Å². The zero-order valence-corrected chi connectivity index (χ0v) is 20.6. The fourth-order valence-electron chi connectivity index (χ4n) is 5.80. The molecule has 0 radical (unpaired) electrons. The number of aliphatic hydroxyl groups is 2. The van der Waals surface area contributed by atoms with Crippen LogP contribution in [0.4, 0.5) is 0 Å². The quantitative estimate of drug-likeness (QED) is 0.280. The Bertz CT molecular complexity index is 951. The minimum Gasteiger partial charge on any atom is -0.392 e. The van der Waals surface area contributed by atoms with Gasteiger partial charge in [0.15, 0.2) is 0 Å². The summed E-state index contributed by atoms with van der Waals surface area (Å²) >= 11 is 0. The first-order valence-corrected chi connectivity index (χ1v) is 13.1. The Morgan fingerprint density at radius 1 is 1.03 bits per heavy atom. The molecule has 2 aliphatic carbocycles. The number of nitrogens with one attached hydrogen (secondary N) is 1. The van der Waals surface area contributed by atoms with E-state index >= 15 is 0 Å². The molecular formula is C31H41NO2. The molecule has 5 atom stereocenters. The molecule has 2 aromatic carbocycles. The van der Waals surface area contributed by atoms with Crippen LogP contribution in [0.15, 0.2) is 78.4 Å². The summed E-state index contributed by atoms with van der Waals surface area (Å²) in [6, 6.07) is 18.9. The Hall–Kier alpha value is -2.20. The van der Waals surface area contributed by atoms with E-state index in [0.717, 1.165) is 31.5 Å². The second-order valence-electron chi connectivity index (χ2n) is 10.4. The molecule has 3 heteroatoms. The summed E-state index contributed by atoms with van der Waals surface area (Å²) < 4.78 is 0. The van der Waals surface area contributed by atoms with E-state index in [1.165, 1.54) is 36.8 Å². The molecule has 0 bridgehead atoms. The maximum absolute atomic E-state index is 10.6. The molecule has 182 valence electrons. The standard InChI is InChI=1S/C31H41NO2/c1-23-9-8-13-25(17-23)19-28(33)14-15-29-30-20-26(18-27(30)21-31(29)34)12-6-3-7-16-32-22-24-10-4-2-5-11-24/h2,4-5,8-11,13-15,17-18,27-34H,3,6-7,12,16,19-22H2,1H3/b15-14+/t27-,28+,29+,30-,31+/m0/s1. The first-order valence-electron chi connectivity index (χ1n) is 13.1. The third kappa shape index (κ3) is 7.15. The van der Waals surface area contributed by atoms with Crippen LogP contribution in [-0.4, -0.2) is 29.0 Å². The minimum absolute atomic E-state index is 0.160. The van der Waals surface area contributed by atoms with Gasteiger partial charge in [-0.05, 0) is 68.5 Å². The van der Waals surface area contributed by atoms with Gasteiger partial charge in [-0.2, -0.15) is 0 Å². The van der Waals surface area contributed by atoms with Crippen molar-refractivity contribution in [2.45, 2.75) is 70.6 Å². The third-order valence-corrected chi connectivity index (χ3v) is 7.56. The van der Waals surface area contributed by atoms with Crippen LogP contribution in [0.3, 0.4) is 0 Å². The van der Waals surface area contributed by atoms with E-state index in [1.807, 2.05) is 12.1 Å². The molecule has 3 nitrogen and oxygen atoms in total. The number of allylic oxidation sites excluding steroid dienone is 2. The zero-order chi connectivity index (χ0) is 23.8. The monoisotopic (exact) mass is 459 g/mol. The van der Waals surface area contributed by atoms with Crippen molar-refractivity contribution in [3.63, 3.8) is 0 Å². The summed E-state index contributed by atoms with van der Waals surface area (Å²) in [5, 5.41) is 24.7. The highest BCUT2D eigenvalue weighted by atomic mass is 16.3. The lowest BCUT2D eigenvalue weighted by molar-refractivity contribution is 0.140. The smallest absolute Gasteiger partial charge is 0.0761 e. The molecular weight excluding hydrogens is 418 g/mol. The first-order chi connectivity index (χ1) is 16.6. The van der Waals surface area contributed by atoms with Crippen molar-refractivity contribution in [1.29, 1.82) is 0 Å². The summed E-state index contributed by atoms with van der Waals surface area (Å²) in [6.07, 6.45) is 13.2. The molecule has 0 heterocycles. The molecule has 34 heavy (non-hydrogen) atoms. The SMILES string of the molecule is Cc1cccc(C[C@H](O)/C=C/[C@@H]2[C@H]3CC(CCCCCNCc4ccccc4)=C[C@H]3C[C@H]2O)c1. The summed E-state index contributed by atoms with van der Waals surface area (Å²) in [5.74, 6) is 1.16. The average molecular weight is 460 g/mol. The minimum atomic E-state index is -0.502. The number of aliphatic hydroxyl groups excluding tert-OH is 2. The van der Waals surface area contributed by atoms with E-state index in [4.69, 9.17) is 0 Å². The summed E-state index contributed by atoms with van der Waals surface area (Å²) in [5.41, 5.74) is 5.30. The van der Waals surface area contributed by atoms with Crippen molar-refractivity contribution < 1.29 is 10.2 Å². The predicted octanol–water partition coefficient (Wildman–Crippen LogP) is 5.75. The van der Waals surface area contributed by atoms with Crippen molar-refractivity contribution in [3.8, 4) is 0 Å². The van der Waals surface area contributed by atoms with Crippen LogP contribution in [-0.2, 0) is 13.0 Å². The number of hydrogen-bond acceptors (Lipinski definition) is 3. The molecule has 0 aliphatic heterocycles. The Labute approximate surface area is 205 Å². The lowest BCUT2D eigenvalue weighted by atomic mass is 9.88. The highest BCUT2D eigenvalue weighted by Gasteiger charge is 2.43. The van der Waals surface area contributed by atoms with Crippen LogP contribution in [0.1, 0.15) is 55.2 Å². The van der Waals surface area contributed by atoms with Gasteiger partial charge >= 0.3 is 0 Å². The van der Waals surface area contributed by atoms with Gasteiger partial charge in [-0.1, -0.05) is 90.4 Å². The summed E-state index contributed by atoms with van der Waals surface area (Å²) in [4.78, 5) is 0. The molecule has 0 saturated heterocycles. The van der Waals surface area contributed by atoms with Gasteiger partial charge < -0.3 is 15.5 Å². The van der Waals surface area contributed by atoms with Crippen LogP contribution < -0.4 is 5.32 Å². The van der Waals surface area contributed by atoms with Gasteiger partial charge in [0.2, 0.25) is 0 Å². The van der Waals surface area contributed by atoms with Crippen molar-refractivity contribution >= 4 is 0 Å². The molecule has 3 N–H and O–H groups in total. The number of benzene rings is 2. The fraction of sp³-hybridized carbons (Fsp3) is 0.484. The lowest BCUT2D eigenvalue weighted by Crippen LogP contribution is -2.18. The van der Waals surface area contributed by atoms with Crippen molar-refractivity contribution in [1.82, 2.24) is 5.32 Å². The highest BCUT2D eigenvalue weighted by Crippen LogP contribution is 2.48. The van der Waals surface area contributed by atoms with Crippen molar-refractivity contribution in [2.24, 2.45) is 17.8 Å². The van der Waals surface area contributed by atoms with Crippen LogP contribution >= 0.6 is 0 Å². The van der Waals surface area contributed by atoms with Gasteiger partial charge in [-0.15, -0.1) is 0 Å². The Morgan fingerprint density at radius 3 is 2.68 bits per heavy atom. The largest absolute Gasteiger partial charge is 0.392 e. The van der Waals surface area contributed by atoms with E-state index in [2.05, 4.69) is 72.9 Å². The molecule has 0 aromatic heterocycles. The fourth-order valence-corrected chi connectivity index (χ4v) is 5.80. The lowest BCUT2D eigenvalue weighted by Gasteiger charge is -2.19. The number of fused-ring (bicyclic) bond motifs is 1. The third-order valence-electron chi connectivity index (χ3n) is 7.56. The molecule has 0 spiro atoms. The average Bonchev–Trinajstić information content (AvgIpc) is 3.34. The molecule has 4 rings (SSSR count). The van der Waals surface area contributed by atoms with Gasteiger partial charge in [0, 0.05) is 18.9 Å². The Balaban J connectivity index is 1.15. The number of unbranched alkanes of at least 4 members (excludes halogenated alkanes) is 2. The van der Waals surface area contributed by atoms with Gasteiger partial charge in [0.1, 0.15) is 0 Å². The van der Waals surface area contributed by atoms with Crippen molar-refractivity contribution in [2.75, 3.05) is 6.54 Å². The zero-order valence-electron chi connectivity index (χ0n) is 20.6. The van der Waals surface area contributed by atoms with E-state index < -0.39 is 6.10 Å². The topological polar surface area (TPSA) is 52.5 Å². The van der Waals surface area contributed by atoms with E-state index in [-0.39, 0.29) is 12.0 Å². The second-order valence-corrected chi connectivity index (χ2v) is 10.4.